The van der Waals surface area contributed by atoms with E-state index in [1.165, 1.54) is 0 Å². The number of aromatic nitrogens is 1. The summed E-state index contributed by atoms with van der Waals surface area (Å²) in [4.78, 5) is 28.2. The normalized spacial score (nSPS) is 20.1. The second-order valence-corrected chi connectivity index (χ2v) is 5.30. The number of rotatable bonds is 4. The Morgan fingerprint density at radius 3 is 2.68 bits per heavy atom. The van der Waals surface area contributed by atoms with E-state index in [0.29, 0.717) is 4.90 Å². The molecule has 8 heteroatoms. The molecule has 0 aliphatic carbocycles. The minimum absolute atomic E-state index is 0.190. The lowest BCUT2D eigenvalue weighted by molar-refractivity contribution is -0.157. The van der Waals surface area contributed by atoms with Crippen LogP contribution in [0.5, 0.6) is 0 Å². The van der Waals surface area contributed by atoms with Crippen molar-refractivity contribution in [2.24, 2.45) is 5.92 Å². The molecule has 1 fully saturated rings. The van der Waals surface area contributed by atoms with Crippen LogP contribution in [0.15, 0.2) is 24.5 Å². The largest absolute Gasteiger partial charge is 0.406 e. The summed E-state index contributed by atoms with van der Waals surface area (Å²) in [6.45, 7) is 0.250. The van der Waals surface area contributed by atoms with Gasteiger partial charge in [-0.05, 0) is 24.6 Å². The van der Waals surface area contributed by atoms with E-state index in [1.807, 2.05) is 0 Å². The Morgan fingerprint density at radius 2 is 2.09 bits per heavy atom. The highest BCUT2D eigenvalue weighted by Crippen LogP contribution is 2.24. The van der Waals surface area contributed by atoms with Gasteiger partial charge in [0.15, 0.2) is 0 Å². The van der Waals surface area contributed by atoms with Crippen LogP contribution in [0.25, 0.3) is 0 Å². The number of nitrogens with one attached hydrogen (secondary N) is 1. The van der Waals surface area contributed by atoms with Crippen LogP contribution in [0.1, 0.15) is 24.9 Å². The summed E-state index contributed by atoms with van der Waals surface area (Å²) >= 11 is 0. The number of likely N-dealkylation sites (tertiary alicyclic amines) is 1. The number of pyridine rings is 1. The van der Waals surface area contributed by atoms with Gasteiger partial charge >= 0.3 is 6.18 Å². The molecule has 5 nitrogen and oxygen atoms in total. The fraction of sp³-hybridized carbons (Fsp3) is 0.500. The van der Waals surface area contributed by atoms with Crippen molar-refractivity contribution in [3.63, 3.8) is 0 Å². The average molecular weight is 315 g/mol. The molecule has 22 heavy (non-hydrogen) atoms. The molecule has 0 radical (unpaired) electrons. The lowest BCUT2D eigenvalue weighted by Crippen LogP contribution is -2.37. The fourth-order valence-corrected chi connectivity index (χ4v) is 2.38. The molecule has 1 N–H and O–H groups in total. The topological polar surface area (TPSA) is 62.3 Å². The molecule has 0 spiro atoms. The van der Waals surface area contributed by atoms with E-state index >= 15 is 0 Å². The smallest absolute Gasteiger partial charge is 0.349 e. The van der Waals surface area contributed by atoms with Crippen LogP contribution in [0.3, 0.4) is 0 Å². The summed E-state index contributed by atoms with van der Waals surface area (Å²) in [5.74, 6) is -1.81. The van der Waals surface area contributed by atoms with E-state index in [4.69, 9.17) is 0 Å². The SMILES string of the molecule is C[C@H](NC(=O)[C@H]1CC(=O)N(CC(F)(F)F)C1)c1ccncc1. The maximum absolute atomic E-state index is 12.3. The fourth-order valence-electron chi connectivity index (χ4n) is 2.38. The third-order valence-electron chi connectivity index (χ3n) is 3.52. The van der Waals surface area contributed by atoms with Crippen molar-refractivity contribution in [2.75, 3.05) is 13.1 Å². The summed E-state index contributed by atoms with van der Waals surface area (Å²) in [7, 11) is 0. The minimum atomic E-state index is -4.45. The number of alkyl halides is 3. The van der Waals surface area contributed by atoms with E-state index < -0.39 is 30.5 Å². The van der Waals surface area contributed by atoms with Gasteiger partial charge in [-0.15, -0.1) is 0 Å². The molecular formula is C14H16F3N3O2. The van der Waals surface area contributed by atoms with Gasteiger partial charge < -0.3 is 10.2 Å². The second-order valence-electron chi connectivity index (χ2n) is 5.30. The maximum atomic E-state index is 12.3. The van der Waals surface area contributed by atoms with Crippen molar-refractivity contribution in [1.82, 2.24) is 15.2 Å². The maximum Gasteiger partial charge on any atom is 0.406 e. The lowest BCUT2D eigenvalue weighted by atomic mass is 10.1. The van der Waals surface area contributed by atoms with Crippen molar-refractivity contribution in [1.29, 1.82) is 0 Å². The zero-order valence-corrected chi connectivity index (χ0v) is 11.9. The zero-order chi connectivity index (χ0) is 16.3. The van der Waals surface area contributed by atoms with Crippen LogP contribution >= 0.6 is 0 Å². The number of nitrogens with zero attached hydrogens (tertiary/aromatic N) is 2. The van der Waals surface area contributed by atoms with E-state index in [0.717, 1.165) is 5.56 Å². The molecule has 1 saturated heterocycles. The van der Waals surface area contributed by atoms with Crippen LogP contribution in [-0.4, -0.2) is 41.0 Å². The summed E-state index contributed by atoms with van der Waals surface area (Å²) in [6, 6.07) is 3.17. The van der Waals surface area contributed by atoms with Crippen molar-refractivity contribution in [3.8, 4) is 0 Å². The molecule has 2 atom stereocenters. The number of carbonyl (C=O) groups excluding carboxylic acids is 2. The van der Waals surface area contributed by atoms with Gasteiger partial charge in [0.2, 0.25) is 11.8 Å². The summed E-state index contributed by atoms with van der Waals surface area (Å²) in [5.41, 5.74) is 0.833. The Morgan fingerprint density at radius 1 is 1.45 bits per heavy atom. The first-order valence-electron chi connectivity index (χ1n) is 6.81. The molecule has 1 aromatic rings. The van der Waals surface area contributed by atoms with Crippen molar-refractivity contribution < 1.29 is 22.8 Å². The van der Waals surface area contributed by atoms with Gasteiger partial charge in [-0.25, -0.2) is 0 Å². The standard InChI is InChI=1S/C14H16F3N3O2/c1-9(10-2-4-18-5-3-10)19-13(22)11-6-12(21)20(7-11)8-14(15,16)17/h2-5,9,11H,6-8H2,1H3,(H,19,22)/t9-,11-/m0/s1. The molecule has 0 unspecified atom stereocenters. The Bertz CT molecular complexity index is 548. The Hall–Kier alpha value is -2.12. The van der Waals surface area contributed by atoms with E-state index in [1.54, 1.807) is 31.5 Å². The Labute approximate surface area is 125 Å². The number of carbonyl (C=O) groups is 2. The summed E-state index contributed by atoms with van der Waals surface area (Å²) < 4.78 is 37.0. The van der Waals surface area contributed by atoms with Gasteiger partial charge in [-0.2, -0.15) is 13.2 Å². The Balaban J connectivity index is 1.93. The molecule has 1 aliphatic rings. The number of hydrogen-bond acceptors (Lipinski definition) is 3. The first kappa shape index (κ1) is 16.3. The molecule has 1 aromatic heterocycles. The number of hydrogen-bond donors (Lipinski definition) is 1. The molecular weight excluding hydrogens is 299 g/mol. The van der Waals surface area contributed by atoms with Gasteiger partial charge in [0.05, 0.1) is 12.0 Å². The van der Waals surface area contributed by atoms with Crippen LogP contribution in [0, 0.1) is 5.92 Å². The third kappa shape index (κ3) is 4.19. The zero-order valence-electron chi connectivity index (χ0n) is 11.9. The summed E-state index contributed by atoms with van der Waals surface area (Å²) in [5, 5.41) is 2.72. The molecule has 2 amide bonds. The molecule has 2 heterocycles. The molecule has 1 aliphatic heterocycles. The molecule has 0 bridgehead atoms. The molecule has 2 rings (SSSR count). The van der Waals surface area contributed by atoms with Crippen molar-refractivity contribution in [3.05, 3.63) is 30.1 Å². The van der Waals surface area contributed by atoms with Gasteiger partial charge in [-0.1, -0.05) is 0 Å². The quantitative estimate of drug-likeness (QED) is 0.919. The molecule has 0 saturated carbocycles. The van der Waals surface area contributed by atoms with Crippen molar-refractivity contribution >= 4 is 11.8 Å². The van der Waals surface area contributed by atoms with Crippen LogP contribution in [0.2, 0.25) is 0 Å². The van der Waals surface area contributed by atoms with E-state index in [2.05, 4.69) is 10.3 Å². The minimum Gasteiger partial charge on any atom is -0.349 e. The third-order valence-corrected chi connectivity index (χ3v) is 3.52. The van der Waals surface area contributed by atoms with Crippen LogP contribution < -0.4 is 5.32 Å². The van der Waals surface area contributed by atoms with Gasteiger partial charge in [-0.3, -0.25) is 14.6 Å². The van der Waals surface area contributed by atoms with Crippen molar-refractivity contribution in [2.45, 2.75) is 25.6 Å². The predicted molar refractivity (Wildman–Crippen MR) is 71.5 cm³/mol. The second kappa shape index (κ2) is 6.33. The van der Waals surface area contributed by atoms with Crippen LogP contribution in [-0.2, 0) is 9.59 Å². The molecule has 120 valence electrons. The number of amides is 2. The van der Waals surface area contributed by atoms with E-state index in [-0.39, 0.29) is 19.0 Å². The molecule has 0 aromatic carbocycles. The highest BCUT2D eigenvalue weighted by molar-refractivity contribution is 5.89. The first-order valence-corrected chi connectivity index (χ1v) is 6.81. The monoisotopic (exact) mass is 315 g/mol. The van der Waals surface area contributed by atoms with Gasteiger partial charge in [0.25, 0.3) is 0 Å². The first-order chi connectivity index (χ1) is 10.3. The Kier molecular flexibility index (Phi) is 4.68. The van der Waals surface area contributed by atoms with Crippen LogP contribution in [0.4, 0.5) is 13.2 Å². The van der Waals surface area contributed by atoms with Gasteiger partial charge in [0.1, 0.15) is 6.54 Å². The van der Waals surface area contributed by atoms with E-state index in [9.17, 15) is 22.8 Å². The predicted octanol–water partition coefficient (Wildman–Crippen LogP) is 1.67. The highest BCUT2D eigenvalue weighted by atomic mass is 19.4. The summed E-state index contributed by atoms with van der Waals surface area (Å²) in [6.07, 6.45) is -1.47. The average Bonchev–Trinajstić information content (AvgIpc) is 2.79. The van der Waals surface area contributed by atoms with Gasteiger partial charge in [0, 0.05) is 25.4 Å². The number of halogens is 3. The highest BCUT2D eigenvalue weighted by Gasteiger charge is 2.40. The lowest BCUT2D eigenvalue weighted by Gasteiger charge is -2.19.